The summed E-state index contributed by atoms with van der Waals surface area (Å²) in [6, 6.07) is 0. The monoisotopic (exact) mass is 414 g/mol. The molecule has 0 spiro atoms. The molecule has 3 saturated carbocycles. The summed E-state index contributed by atoms with van der Waals surface area (Å²) in [7, 11) is 1.22. The second kappa shape index (κ2) is 7.75. The van der Waals surface area contributed by atoms with Crippen LogP contribution in [-0.2, 0) is 23.6 Å². The normalized spacial score (nSPS) is 35.7. The van der Waals surface area contributed by atoms with E-state index in [1.54, 1.807) is 7.11 Å². The molecule has 0 amide bonds. The van der Waals surface area contributed by atoms with Gasteiger partial charge in [-0.25, -0.2) is 0 Å². The molecule has 28 heavy (non-hydrogen) atoms. The van der Waals surface area contributed by atoms with Crippen molar-refractivity contribution in [2.24, 2.45) is 17.3 Å². The fourth-order valence-corrected chi connectivity index (χ4v) is 5.64. The smallest absolute Gasteiger partial charge is 0.460 e. The van der Waals surface area contributed by atoms with Crippen molar-refractivity contribution in [3.8, 4) is 0 Å². The molecule has 0 radical (unpaired) electrons. The number of esters is 1. The topological polar surface area (TPSA) is 54.0 Å². The van der Waals surface area contributed by atoms with Crippen molar-refractivity contribution in [1.29, 1.82) is 0 Å². The van der Waals surface area contributed by atoms with Crippen molar-refractivity contribution in [3.63, 3.8) is 0 Å². The van der Waals surface area contributed by atoms with Gasteiger partial charge in [0.15, 0.2) is 0 Å². The van der Waals surface area contributed by atoms with Gasteiger partial charge in [-0.1, -0.05) is 13.8 Å². The molecule has 160 valence electrons. The van der Waals surface area contributed by atoms with Crippen LogP contribution in [0.5, 0.6) is 0 Å². The van der Waals surface area contributed by atoms with Gasteiger partial charge >= 0.3 is 13.1 Å². The van der Waals surface area contributed by atoms with Crippen molar-refractivity contribution in [2.75, 3.05) is 7.11 Å². The molecule has 7 heteroatoms. The first-order valence-electron chi connectivity index (χ1n) is 10.6. The highest BCUT2D eigenvalue weighted by Crippen LogP contribution is 2.65. The van der Waals surface area contributed by atoms with Crippen LogP contribution in [0.4, 0.5) is 0 Å². The molecule has 0 aromatic carbocycles. The van der Waals surface area contributed by atoms with Crippen molar-refractivity contribution >= 4 is 24.7 Å². The Morgan fingerprint density at radius 2 is 1.93 bits per heavy atom. The van der Waals surface area contributed by atoms with Gasteiger partial charge in [-0.15, -0.1) is 11.6 Å². The van der Waals surface area contributed by atoms with Crippen molar-refractivity contribution in [2.45, 2.75) is 102 Å². The number of rotatable bonds is 7. The van der Waals surface area contributed by atoms with Crippen LogP contribution in [0.15, 0.2) is 0 Å². The molecule has 2 bridgehead atoms. The Bertz CT molecular complexity index is 592. The molecule has 5 nitrogen and oxygen atoms in total. The Labute approximate surface area is 175 Å². The van der Waals surface area contributed by atoms with Gasteiger partial charge in [0.05, 0.1) is 29.5 Å². The fraction of sp³-hybridized carbons (Fsp3) is 0.952. The molecule has 0 N–H and O–H groups in total. The summed E-state index contributed by atoms with van der Waals surface area (Å²) in [5.74, 6) is 0.995. The lowest BCUT2D eigenvalue weighted by molar-refractivity contribution is -0.199. The second-order valence-corrected chi connectivity index (χ2v) is 11.1. The number of halogens is 1. The second-order valence-electron chi connectivity index (χ2n) is 10.6. The van der Waals surface area contributed by atoms with Gasteiger partial charge in [0, 0.05) is 7.11 Å². The van der Waals surface area contributed by atoms with Crippen LogP contribution in [0, 0.1) is 17.3 Å². The van der Waals surface area contributed by atoms with E-state index in [4.69, 9.17) is 30.4 Å². The van der Waals surface area contributed by atoms with E-state index in [9.17, 15) is 4.79 Å². The first kappa shape index (κ1) is 22.4. The van der Waals surface area contributed by atoms with Crippen LogP contribution in [0.3, 0.4) is 0 Å². The predicted octanol–water partition coefficient (Wildman–Crippen LogP) is 4.39. The molecule has 4 aliphatic rings. The van der Waals surface area contributed by atoms with Crippen molar-refractivity contribution in [1.82, 2.24) is 0 Å². The Balaban J connectivity index is 1.50. The molecule has 1 saturated heterocycles. The highest BCUT2D eigenvalue weighted by molar-refractivity contribution is 6.59. The van der Waals surface area contributed by atoms with Gasteiger partial charge in [-0.2, -0.15) is 0 Å². The molecule has 0 aromatic rings. The van der Waals surface area contributed by atoms with E-state index in [0.717, 1.165) is 12.3 Å². The van der Waals surface area contributed by atoms with Gasteiger partial charge in [0.1, 0.15) is 5.60 Å². The van der Waals surface area contributed by atoms with E-state index in [1.165, 1.54) is 6.42 Å². The number of methoxy groups -OCH3 is 1. The molecule has 4 fully saturated rings. The van der Waals surface area contributed by atoms with E-state index >= 15 is 0 Å². The summed E-state index contributed by atoms with van der Waals surface area (Å²) in [6.45, 7) is 12.5. The Kier molecular flexibility index (Phi) is 6.20. The van der Waals surface area contributed by atoms with Gasteiger partial charge < -0.3 is 18.8 Å². The standard InChI is InChI=1S/C21H36BClO5/c1-19(2,3)26-18(24)12-14(25-7)8-9-17(23)22-27-16-11-13-10-15(20(13,4)5)21(16,6)28-22/h13-17H,8-12H2,1-7H3. The first-order valence-corrected chi connectivity index (χ1v) is 11.0. The summed E-state index contributed by atoms with van der Waals surface area (Å²) >= 11 is 6.67. The molecule has 1 heterocycles. The van der Waals surface area contributed by atoms with Gasteiger partial charge in [-0.05, 0) is 70.6 Å². The average Bonchev–Trinajstić information content (AvgIpc) is 2.93. The van der Waals surface area contributed by atoms with E-state index in [0.29, 0.717) is 24.2 Å². The van der Waals surface area contributed by atoms with E-state index in [2.05, 4.69) is 20.8 Å². The maximum atomic E-state index is 12.1. The number of ether oxygens (including phenoxy) is 2. The highest BCUT2D eigenvalue weighted by Gasteiger charge is 2.68. The minimum absolute atomic E-state index is 0.135. The van der Waals surface area contributed by atoms with Crippen LogP contribution >= 0.6 is 11.6 Å². The quantitative estimate of drug-likeness (QED) is 0.351. The van der Waals surface area contributed by atoms with E-state index < -0.39 is 12.7 Å². The SMILES string of the molecule is COC(CCC(Cl)B1OC2CC3CC(C3(C)C)C2(C)O1)CC(=O)OC(C)(C)C. The zero-order chi connectivity index (χ0) is 20.9. The van der Waals surface area contributed by atoms with Gasteiger partial charge in [0.25, 0.3) is 0 Å². The summed E-state index contributed by atoms with van der Waals surface area (Å²) in [5, 5.41) is -0.265. The zero-order valence-electron chi connectivity index (χ0n) is 18.4. The lowest BCUT2D eigenvalue weighted by Crippen LogP contribution is -2.65. The maximum absolute atomic E-state index is 12.1. The van der Waals surface area contributed by atoms with Crippen LogP contribution in [-0.4, -0.2) is 48.9 Å². The van der Waals surface area contributed by atoms with Gasteiger partial charge in [-0.3, -0.25) is 4.79 Å². The summed E-state index contributed by atoms with van der Waals surface area (Å²) in [5.41, 5.74) is -0.413. The molecular formula is C21H36BClO5. The lowest BCUT2D eigenvalue weighted by Gasteiger charge is -2.64. The number of hydrogen-bond acceptors (Lipinski definition) is 5. The average molecular weight is 415 g/mol. The summed E-state index contributed by atoms with van der Waals surface area (Å²) in [6.07, 6.45) is 3.74. The van der Waals surface area contributed by atoms with E-state index in [1.807, 2.05) is 20.8 Å². The third kappa shape index (κ3) is 4.26. The fourth-order valence-electron chi connectivity index (χ4n) is 5.41. The third-order valence-electron chi connectivity index (χ3n) is 7.18. The Morgan fingerprint density at radius 3 is 2.50 bits per heavy atom. The number of hydrogen-bond donors (Lipinski definition) is 0. The minimum atomic E-state index is -0.490. The maximum Gasteiger partial charge on any atom is 0.476 e. The van der Waals surface area contributed by atoms with E-state index in [-0.39, 0.29) is 35.5 Å². The Morgan fingerprint density at radius 1 is 1.25 bits per heavy atom. The molecule has 1 aliphatic heterocycles. The predicted molar refractivity (Wildman–Crippen MR) is 110 cm³/mol. The minimum Gasteiger partial charge on any atom is -0.460 e. The molecule has 4 rings (SSSR count). The van der Waals surface area contributed by atoms with Crippen LogP contribution in [0.1, 0.15) is 73.6 Å². The first-order chi connectivity index (χ1) is 12.9. The van der Waals surface area contributed by atoms with Crippen LogP contribution in [0.25, 0.3) is 0 Å². The number of alkyl halides is 1. The molecular weight excluding hydrogens is 378 g/mol. The number of carbonyl (C=O) groups is 1. The summed E-state index contributed by atoms with van der Waals surface area (Å²) in [4.78, 5) is 12.1. The largest absolute Gasteiger partial charge is 0.476 e. The Hall–Kier alpha value is -0.295. The summed E-state index contributed by atoms with van der Waals surface area (Å²) < 4.78 is 23.5. The van der Waals surface area contributed by atoms with Gasteiger partial charge in [0.2, 0.25) is 0 Å². The zero-order valence-corrected chi connectivity index (χ0v) is 19.2. The molecule has 0 aromatic heterocycles. The molecule has 3 aliphatic carbocycles. The van der Waals surface area contributed by atoms with Crippen LogP contribution in [0.2, 0.25) is 0 Å². The molecule has 6 atom stereocenters. The highest BCUT2D eigenvalue weighted by atomic mass is 35.5. The lowest BCUT2D eigenvalue weighted by atomic mass is 9.43. The van der Waals surface area contributed by atoms with Crippen LogP contribution < -0.4 is 0 Å². The molecule has 6 unspecified atom stereocenters. The van der Waals surface area contributed by atoms with Crippen molar-refractivity contribution < 1.29 is 23.6 Å². The van der Waals surface area contributed by atoms with Crippen molar-refractivity contribution in [3.05, 3.63) is 0 Å². The third-order valence-corrected chi connectivity index (χ3v) is 7.60. The number of carbonyl (C=O) groups excluding carboxylic acids is 1.